The van der Waals surface area contributed by atoms with Crippen molar-refractivity contribution in [2.24, 2.45) is 0 Å². The fourth-order valence-electron chi connectivity index (χ4n) is 5.18. The summed E-state index contributed by atoms with van der Waals surface area (Å²) < 4.78 is 10.7. The van der Waals surface area contributed by atoms with E-state index in [0.29, 0.717) is 6.67 Å². The summed E-state index contributed by atoms with van der Waals surface area (Å²) in [6.07, 6.45) is 5.71. The number of pyridine rings is 1. The molecule has 1 aliphatic rings. The Balaban J connectivity index is 1.35. The van der Waals surface area contributed by atoms with E-state index in [4.69, 9.17) is 9.72 Å². The summed E-state index contributed by atoms with van der Waals surface area (Å²) in [6.45, 7) is 7.40. The predicted molar refractivity (Wildman–Crippen MR) is 149 cm³/mol. The molecule has 6 nitrogen and oxygen atoms in total. The first-order chi connectivity index (χ1) is 18.0. The van der Waals surface area contributed by atoms with Gasteiger partial charge in [0.15, 0.2) is 0 Å². The van der Waals surface area contributed by atoms with Gasteiger partial charge >= 0.3 is 0 Å². The second-order valence-corrected chi connectivity index (χ2v) is 10.5. The smallest absolute Gasteiger partial charge is 0.143 e. The van der Waals surface area contributed by atoms with E-state index in [2.05, 4.69) is 101 Å². The van der Waals surface area contributed by atoms with Crippen LogP contribution >= 0.6 is 0 Å². The minimum absolute atomic E-state index is 0.0285. The van der Waals surface area contributed by atoms with Crippen LogP contribution in [0.5, 0.6) is 11.5 Å². The highest BCUT2D eigenvalue weighted by Gasteiger charge is 2.19. The zero-order valence-electron chi connectivity index (χ0n) is 21.1. The molecule has 0 unspecified atom stereocenters. The molecule has 3 aromatic heterocycles. The summed E-state index contributed by atoms with van der Waals surface area (Å²) in [5.41, 5.74) is 5.56. The number of ether oxygens (including phenoxy) is 1. The Labute approximate surface area is 215 Å². The SMILES string of the molecule is CC(C)(C)c1ccnc(-n2c3ccccc3c3ccc(Oc4ccc5c(c4)-c4nccn4CN5)cc32)c1. The largest absolute Gasteiger partial charge is 0.457 e. The van der Waals surface area contributed by atoms with E-state index in [1.165, 1.54) is 16.3 Å². The van der Waals surface area contributed by atoms with E-state index in [1.807, 2.05) is 30.7 Å². The lowest BCUT2D eigenvalue weighted by molar-refractivity contribution is 0.483. The lowest BCUT2D eigenvalue weighted by atomic mass is 9.88. The van der Waals surface area contributed by atoms with Crippen molar-refractivity contribution >= 4 is 27.5 Å². The van der Waals surface area contributed by atoms with Crippen molar-refractivity contribution in [2.45, 2.75) is 32.9 Å². The molecule has 0 saturated heterocycles. The molecular formula is C31H27N5O. The Bertz CT molecular complexity index is 1800. The zero-order valence-corrected chi connectivity index (χ0v) is 21.1. The van der Waals surface area contributed by atoms with Crippen LogP contribution in [0, 0.1) is 0 Å². The standard InChI is InChI=1S/C31H27N5O/c1-31(2,3)20-12-13-32-29(16-20)36-27-7-5-4-6-23(27)24-10-8-22(18-28(24)36)37-21-9-11-26-25(17-21)30-33-14-15-35(30)19-34-26/h4-18,34H,19H2,1-3H3. The number of rotatable bonds is 3. The lowest BCUT2D eigenvalue weighted by Crippen LogP contribution is -2.14. The number of hydrogen-bond donors (Lipinski definition) is 1. The van der Waals surface area contributed by atoms with Crippen LogP contribution in [-0.4, -0.2) is 19.1 Å². The molecule has 0 fully saturated rings. The van der Waals surface area contributed by atoms with Gasteiger partial charge < -0.3 is 14.6 Å². The van der Waals surface area contributed by atoms with Crippen LogP contribution in [0.3, 0.4) is 0 Å². The van der Waals surface area contributed by atoms with Crippen molar-refractivity contribution in [3.63, 3.8) is 0 Å². The van der Waals surface area contributed by atoms with Gasteiger partial charge in [0.05, 0.1) is 17.7 Å². The van der Waals surface area contributed by atoms with Gasteiger partial charge in [-0.05, 0) is 59.5 Å². The molecular weight excluding hydrogens is 458 g/mol. The number of imidazole rings is 1. The van der Waals surface area contributed by atoms with Crippen LogP contribution in [0.2, 0.25) is 0 Å². The average Bonchev–Trinajstić information content (AvgIpc) is 3.51. The molecule has 3 aromatic carbocycles. The number of hydrogen-bond acceptors (Lipinski definition) is 4. The summed E-state index contributed by atoms with van der Waals surface area (Å²) >= 11 is 0. The summed E-state index contributed by atoms with van der Waals surface area (Å²) in [5, 5.41) is 5.80. The van der Waals surface area contributed by atoms with Crippen molar-refractivity contribution < 1.29 is 4.74 Å². The molecule has 0 amide bonds. The van der Waals surface area contributed by atoms with Crippen molar-refractivity contribution in [3.05, 3.63) is 97.0 Å². The number of nitrogens with one attached hydrogen (secondary N) is 1. The molecule has 1 N–H and O–H groups in total. The van der Waals surface area contributed by atoms with Gasteiger partial charge in [-0.2, -0.15) is 0 Å². The molecule has 182 valence electrons. The molecule has 6 heteroatoms. The minimum atomic E-state index is 0.0285. The lowest BCUT2D eigenvalue weighted by Gasteiger charge is -2.21. The monoisotopic (exact) mass is 485 g/mol. The molecule has 7 rings (SSSR count). The predicted octanol–water partition coefficient (Wildman–Crippen LogP) is 7.52. The second-order valence-electron chi connectivity index (χ2n) is 10.5. The highest BCUT2D eigenvalue weighted by molar-refractivity contribution is 6.09. The molecule has 0 bridgehead atoms. The number of para-hydroxylation sites is 1. The third-order valence-corrected chi connectivity index (χ3v) is 7.11. The van der Waals surface area contributed by atoms with E-state index in [9.17, 15) is 0 Å². The fourth-order valence-corrected chi connectivity index (χ4v) is 5.18. The van der Waals surface area contributed by atoms with E-state index in [1.54, 1.807) is 0 Å². The van der Waals surface area contributed by atoms with E-state index < -0.39 is 0 Å². The minimum Gasteiger partial charge on any atom is -0.457 e. The average molecular weight is 486 g/mol. The Morgan fingerprint density at radius 3 is 2.51 bits per heavy atom. The van der Waals surface area contributed by atoms with E-state index >= 15 is 0 Å². The van der Waals surface area contributed by atoms with Crippen LogP contribution in [0.15, 0.2) is 91.4 Å². The fraction of sp³-hybridized carbons (Fsp3) is 0.161. The maximum atomic E-state index is 6.41. The summed E-state index contributed by atoms with van der Waals surface area (Å²) in [5.74, 6) is 3.39. The van der Waals surface area contributed by atoms with Crippen LogP contribution in [0.25, 0.3) is 39.0 Å². The Morgan fingerprint density at radius 2 is 1.62 bits per heavy atom. The van der Waals surface area contributed by atoms with E-state index in [0.717, 1.165) is 45.4 Å². The molecule has 0 aliphatic carbocycles. The molecule has 0 atom stereocenters. The van der Waals surface area contributed by atoms with Gasteiger partial charge in [0.25, 0.3) is 0 Å². The first kappa shape index (κ1) is 21.7. The molecule has 0 spiro atoms. The maximum Gasteiger partial charge on any atom is 0.143 e. The molecule has 37 heavy (non-hydrogen) atoms. The van der Waals surface area contributed by atoms with Crippen molar-refractivity contribution in [1.82, 2.24) is 19.1 Å². The van der Waals surface area contributed by atoms with Crippen LogP contribution in [0.4, 0.5) is 5.69 Å². The highest BCUT2D eigenvalue weighted by Crippen LogP contribution is 2.38. The highest BCUT2D eigenvalue weighted by atomic mass is 16.5. The topological polar surface area (TPSA) is 56.9 Å². The van der Waals surface area contributed by atoms with Gasteiger partial charge in [0.1, 0.15) is 23.1 Å². The van der Waals surface area contributed by atoms with Crippen molar-refractivity contribution in [1.29, 1.82) is 0 Å². The molecule has 6 aromatic rings. The normalized spacial score (nSPS) is 12.8. The molecule has 0 saturated carbocycles. The summed E-state index contributed by atoms with van der Waals surface area (Å²) in [7, 11) is 0. The van der Waals surface area contributed by atoms with Gasteiger partial charge in [-0.25, -0.2) is 9.97 Å². The van der Waals surface area contributed by atoms with Gasteiger partial charge in [-0.15, -0.1) is 0 Å². The van der Waals surface area contributed by atoms with Crippen LogP contribution < -0.4 is 10.1 Å². The number of nitrogens with zero attached hydrogens (tertiary/aromatic N) is 4. The van der Waals surface area contributed by atoms with Crippen LogP contribution in [-0.2, 0) is 12.1 Å². The maximum absolute atomic E-state index is 6.41. The quantitative estimate of drug-likeness (QED) is 0.282. The van der Waals surface area contributed by atoms with Gasteiger partial charge in [0.2, 0.25) is 0 Å². The van der Waals surface area contributed by atoms with Crippen molar-refractivity contribution in [2.75, 3.05) is 5.32 Å². The summed E-state index contributed by atoms with van der Waals surface area (Å²) in [6, 6.07) is 25.2. The number of aromatic nitrogens is 4. The molecule has 0 radical (unpaired) electrons. The van der Waals surface area contributed by atoms with Gasteiger partial charge in [-0.3, -0.25) is 4.57 Å². The second kappa shape index (κ2) is 7.96. The van der Waals surface area contributed by atoms with Crippen LogP contribution in [0.1, 0.15) is 26.3 Å². The Hall–Kier alpha value is -4.58. The van der Waals surface area contributed by atoms with Crippen molar-refractivity contribution in [3.8, 4) is 28.7 Å². The third-order valence-electron chi connectivity index (χ3n) is 7.11. The van der Waals surface area contributed by atoms with Gasteiger partial charge in [-0.1, -0.05) is 39.0 Å². The number of anilines is 1. The first-order valence-corrected chi connectivity index (χ1v) is 12.5. The molecule has 4 heterocycles. The van der Waals surface area contributed by atoms with Gasteiger partial charge in [0, 0.05) is 46.7 Å². The number of benzene rings is 3. The summed E-state index contributed by atoms with van der Waals surface area (Å²) in [4.78, 5) is 9.32. The first-order valence-electron chi connectivity index (χ1n) is 12.5. The Morgan fingerprint density at radius 1 is 0.811 bits per heavy atom. The number of fused-ring (bicyclic) bond motifs is 6. The Kier molecular flexibility index (Phi) is 4.67. The zero-order chi connectivity index (χ0) is 25.1. The molecule has 1 aliphatic heterocycles. The van der Waals surface area contributed by atoms with E-state index in [-0.39, 0.29) is 5.41 Å². The third kappa shape index (κ3) is 3.56.